The molecule has 0 saturated heterocycles. The SMILES string of the molecule is CCCNc1cccc(Nc2ccc(F)cc2F)n1. The van der Waals surface area contributed by atoms with Crippen molar-refractivity contribution in [1.29, 1.82) is 0 Å². The molecule has 5 heteroatoms. The molecule has 0 aliphatic rings. The van der Waals surface area contributed by atoms with Gasteiger partial charge in [0.25, 0.3) is 0 Å². The quantitative estimate of drug-likeness (QED) is 0.858. The van der Waals surface area contributed by atoms with Gasteiger partial charge in [0.05, 0.1) is 5.69 Å². The summed E-state index contributed by atoms with van der Waals surface area (Å²) >= 11 is 0. The van der Waals surface area contributed by atoms with E-state index in [2.05, 4.69) is 22.5 Å². The first-order valence-electron chi connectivity index (χ1n) is 6.12. The van der Waals surface area contributed by atoms with E-state index in [0.29, 0.717) is 5.82 Å². The van der Waals surface area contributed by atoms with Crippen molar-refractivity contribution in [3.05, 3.63) is 48.0 Å². The van der Waals surface area contributed by atoms with E-state index in [1.807, 2.05) is 12.1 Å². The Balaban J connectivity index is 2.14. The molecule has 2 N–H and O–H groups in total. The Labute approximate surface area is 110 Å². The van der Waals surface area contributed by atoms with Gasteiger partial charge in [-0.25, -0.2) is 13.8 Å². The third-order valence-electron chi connectivity index (χ3n) is 2.50. The zero-order valence-electron chi connectivity index (χ0n) is 10.6. The van der Waals surface area contributed by atoms with Crippen molar-refractivity contribution < 1.29 is 8.78 Å². The molecule has 2 rings (SSSR count). The summed E-state index contributed by atoms with van der Waals surface area (Å²) in [6, 6.07) is 8.75. The minimum Gasteiger partial charge on any atom is -0.370 e. The van der Waals surface area contributed by atoms with Crippen LogP contribution in [0.1, 0.15) is 13.3 Å². The van der Waals surface area contributed by atoms with Crippen molar-refractivity contribution >= 4 is 17.3 Å². The third-order valence-corrected chi connectivity index (χ3v) is 2.50. The molecular formula is C14H15F2N3. The highest BCUT2D eigenvalue weighted by molar-refractivity contribution is 5.58. The monoisotopic (exact) mass is 263 g/mol. The lowest BCUT2D eigenvalue weighted by Gasteiger charge is -2.09. The second-order valence-corrected chi connectivity index (χ2v) is 4.08. The second kappa shape index (κ2) is 6.13. The summed E-state index contributed by atoms with van der Waals surface area (Å²) in [6.07, 6.45) is 0.992. The van der Waals surface area contributed by atoms with Crippen LogP contribution in [0.25, 0.3) is 0 Å². The van der Waals surface area contributed by atoms with Gasteiger partial charge in [-0.3, -0.25) is 0 Å². The predicted octanol–water partition coefficient (Wildman–Crippen LogP) is 3.93. The van der Waals surface area contributed by atoms with Gasteiger partial charge in [-0.2, -0.15) is 0 Å². The molecule has 0 bridgehead atoms. The minimum absolute atomic E-state index is 0.196. The molecule has 0 unspecified atom stereocenters. The van der Waals surface area contributed by atoms with Gasteiger partial charge in [-0.05, 0) is 30.7 Å². The van der Waals surface area contributed by atoms with Crippen LogP contribution in [0.15, 0.2) is 36.4 Å². The van der Waals surface area contributed by atoms with Crippen LogP contribution in [0, 0.1) is 11.6 Å². The van der Waals surface area contributed by atoms with Crippen LogP contribution >= 0.6 is 0 Å². The van der Waals surface area contributed by atoms with Crippen LogP contribution in [-0.4, -0.2) is 11.5 Å². The van der Waals surface area contributed by atoms with Gasteiger partial charge in [0.15, 0.2) is 0 Å². The van der Waals surface area contributed by atoms with Crippen LogP contribution in [0.4, 0.5) is 26.1 Å². The maximum atomic E-state index is 13.5. The number of anilines is 3. The maximum Gasteiger partial charge on any atom is 0.149 e. The van der Waals surface area contributed by atoms with E-state index in [1.165, 1.54) is 12.1 Å². The molecule has 0 aliphatic heterocycles. The highest BCUT2D eigenvalue weighted by Gasteiger charge is 2.05. The Bertz CT molecular complexity index is 558. The third kappa shape index (κ3) is 3.64. The van der Waals surface area contributed by atoms with Crippen molar-refractivity contribution in [2.75, 3.05) is 17.2 Å². The molecule has 2 aromatic rings. The van der Waals surface area contributed by atoms with Crippen LogP contribution in [0.3, 0.4) is 0 Å². The van der Waals surface area contributed by atoms with Gasteiger partial charge in [-0.1, -0.05) is 13.0 Å². The fraction of sp³-hybridized carbons (Fsp3) is 0.214. The Kier molecular flexibility index (Phi) is 4.28. The number of hydrogen-bond donors (Lipinski definition) is 2. The Morgan fingerprint density at radius 1 is 1.11 bits per heavy atom. The molecule has 1 aromatic carbocycles. The first kappa shape index (κ1) is 13.3. The van der Waals surface area contributed by atoms with Crippen LogP contribution in [0.2, 0.25) is 0 Å². The normalized spacial score (nSPS) is 10.3. The predicted molar refractivity (Wildman–Crippen MR) is 72.7 cm³/mol. The van der Waals surface area contributed by atoms with Gasteiger partial charge in [0, 0.05) is 12.6 Å². The number of rotatable bonds is 5. The van der Waals surface area contributed by atoms with Gasteiger partial charge < -0.3 is 10.6 Å². The Morgan fingerprint density at radius 3 is 2.63 bits per heavy atom. The fourth-order valence-corrected chi connectivity index (χ4v) is 1.58. The van der Waals surface area contributed by atoms with E-state index in [9.17, 15) is 8.78 Å². The summed E-state index contributed by atoms with van der Waals surface area (Å²) < 4.78 is 26.3. The highest BCUT2D eigenvalue weighted by Crippen LogP contribution is 2.20. The van der Waals surface area contributed by atoms with Gasteiger partial charge in [0.1, 0.15) is 23.3 Å². The summed E-state index contributed by atoms with van der Waals surface area (Å²) in [5.41, 5.74) is 0.196. The number of benzene rings is 1. The van der Waals surface area contributed by atoms with E-state index < -0.39 is 11.6 Å². The van der Waals surface area contributed by atoms with Crippen molar-refractivity contribution in [3.8, 4) is 0 Å². The average Bonchev–Trinajstić information content (AvgIpc) is 2.40. The zero-order valence-corrected chi connectivity index (χ0v) is 10.6. The summed E-state index contributed by atoms with van der Waals surface area (Å²) in [5.74, 6) is -0.0240. The van der Waals surface area contributed by atoms with Gasteiger partial charge in [-0.15, -0.1) is 0 Å². The zero-order chi connectivity index (χ0) is 13.7. The topological polar surface area (TPSA) is 37.0 Å². The molecule has 1 aromatic heterocycles. The van der Waals surface area contributed by atoms with E-state index in [-0.39, 0.29) is 5.69 Å². The molecule has 0 saturated carbocycles. The maximum absolute atomic E-state index is 13.5. The lowest BCUT2D eigenvalue weighted by Crippen LogP contribution is -2.03. The summed E-state index contributed by atoms with van der Waals surface area (Å²) in [5, 5.41) is 5.96. The molecule has 0 atom stereocenters. The number of pyridine rings is 1. The largest absolute Gasteiger partial charge is 0.370 e. The molecule has 1 heterocycles. The van der Waals surface area contributed by atoms with E-state index in [4.69, 9.17) is 0 Å². The van der Waals surface area contributed by atoms with Crippen molar-refractivity contribution in [2.45, 2.75) is 13.3 Å². The van der Waals surface area contributed by atoms with Crippen molar-refractivity contribution in [2.24, 2.45) is 0 Å². The van der Waals surface area contributed by atoms with Crippen molar-refractivity contribution in [3.63, 3.8) is 0 Å². The number of halogens is 2. The standard InChI is InChI=1S/C14H15F2N3/c1-2-8-17-13-4-3-5-14(19-13)18-12-7-6-10(15)9-11(12)16/h3-7,9H,2,8H2,1H3,(H2,17,18,19). The highest BCUT2D eigenvalue weighted by atomic mass is 19.1. The molecule has 0 radical (unpaired) electrons. The molecule has 0 spiro atoms. The lowest BCUT2D eigenvalue weighted by atomic mass is 10.3. The minimum atomic E-state index is -0.645. The Morgan fingerprint density at radius 2 is 1.89 bits per heavy atom. The van der Waals surface area contributed by atoms with Crippen LogP contribution in [0.5, 0.6) is 0 Å². The number of hydrogen-bond acceptors (Lipinski definition) is 3. The summed E-state index contributed by atoms with van der Waals surface area (Å²) in [6.45, 7) is 2.88. The first-order valence-corrected chi connectivity index (χ1v) is 6.12. The number of aromatic nitrogens is 1. The van der Waals surface area contributed by atoms with Crippen LogP contribution in [-0.2, 0) is 0 Å². The molecule has 0 fully saturated rings. The molecule has 19 heavy (non-hydrogen) atoms. The van der Waals surface area contributed by atoms with E-state index in [1.54, 1.807) is 6.07 Å². The summed E-state index contributed by atoms with van der Waals surface area (Å²) in [4.78, 5) is 4.29. The summed E-state index contributed by atoms with van der Waals surface area (Å²) in [7, 11) is 0. The molecule has 3 nitrogen and oxygen atoms in total. The smallest absolute Gasteiger partial charge is 0.149 e. The van der Waals surface area contributed by atoms with E-state index in [0.717, 1.165) is 24.8 Å². The molecule has 0 amide bonds. The molecular weight excluding hydrogens is 248 g/mol. The van der Waals surface area contributed by atoms with Crippen LogP contribution < -0.4 is 10.6 Å². The first-order chi connectivity index (χ1) is 9.19. The average molecular weight is 263 g/mol. The number of nitrogens with zero attached hydrogens (tertiary/aromatic N) is 1. The Hall–Kier alpha value is -2.17. The number of nitrogens with one attached hydrogen (secondary N) is 2. The van der Waals surface area contributed by atoms with E-state index >= 15 is 0 Å². The fourth-order valence-electron chi connectivity index (χ4n) is 1.58. The molecule has 100 valence electrons. The lowest BCUT2D eigenvalue weighted by molar-refractivity contribution is 0.586. The molecule has 0 aliphatic carbocycles. The second-order valence-electron chi connectivity index (χ2n) is 4.08. The van der Waals surface area contributed by atoms with Gasteiger partial charge >= 0.3 is 0 Å². The van der Waals surface area contributed by atoms with Crippen molar-refractivity contribution in [1.82, 2.24) is 4.98 Å². The van der Waals surface area contributed by atoms with Gasteiger partial charge in [0.2, 0.25) is 0 Å².